The molecule has 1 aromatic rings. The Morgan fingerprint density at radius 1 is 1.67 bits per heavy atom. The average molecular weight is 167 g/mol. The quantitative estimate of drug-likeness (QED) is 0.727. The predicted molar refractivity (Wildman–Crippen MR) is 41.9 cm³/mol. The normalized spacial score (nSPS) is 9.75. The van der Waals surface area contributed by atoms with E-state index < -0.39 is 5.97 Å². The fraction of sp³-hybridized carbons (Fsp3) is 0.250. The zero-order chi connectivity index (χ0) is 8.97. The zero-order valence-electron chi connectivity index (χ0n) is 6.65. The number of carboxylic acid groups (broad SMARTS) is 1. The molecule has 0 atom stereocenters. The lowest BCUT2D eigenvalue weighted by Gasteiger charge is -1.98. The van der Waals surface area contributed by atoms with Crippen molar-refractivity contribution in [3.63, 3.8) is 0 Å². The summed E-state index contributed by atoms with van der Waals surface area (Å²) < 4.78 is 4.84. The molecule has 0 amide bonds. The summed E-state index contributed by atoms with van der Waals surface area (Å²) >= 11 is 0. The number of rotatable bonds is 3. The first-order valence-corrected chi connectivity index (χ1v) is 3.41. The fourth-order valence-electron chi connectivity index (χ4n) is 0.803. The summed E-state index contributed by atoms with van der Waals surface area (Å²) in [6.45, 7) is 0.451. The molecule has 1 aromatic heterocycles. The highest BCUT2D eigenvalue weighted by Crippen LogP contribution is 2.01. The molecule has 4 heteroatoms. The molecule has 1 heterocycles. The summed E-state index contributed by atoms with van der Waals surface area (Å²) in [5, 5.41) is 8.51. The van der Waals surface area contributed by atoms with Crippen LogP contribution < -0.4 is 0 Å². The van der Waals surface area contributed by atoms with Gasteiger partial charge in [0, 0.05) is 13.3 Å². The van der Waals surface area contributed by atoms with Crippen LogP contribution in [0.15, 0.2) is 18.3 Å². The van der Waals surface area contributed by atoms with Crippen LogP contribution in [0.25, 0.3) is 0 Å². The van der Waals surface area contributed by atoms with Crippen molar-refractivity contribution in [3.8, 4) is 0 Å². The van der Waals surface area contributed by atoms with Crippen LogP contribution in [-0.2, 0) is 11.3 Å². The van der Waals surface area contributed by atoms with Gasteiger partial charge in [0.1, 0.15) is 5.69 Å². The molecule has 0 aliphatic carbocycles. The van der Waals surface area contributed by atoms with E-state index in [-0.39, 0.29) is 5.69 Å². The Balaban J connectivity index is 2.78. The molecule has 4 nitrogen and oxygen atoms in total. The van der Waals surface area contributed by atoms with Gasteiger partial charge in [-0.05, 0) is 11.6 Å². The molecule has 0 saturated carbocycles. The Bertz CT molecular complexity index is 268. The van der Waals surface area contributed by atoms with Crippen molar-refractivity contribution in [3.05, 3.63) is 29.6 Å². The number of aromatic nitrogens is 1. The number of pyridine rings is 1. The molecule has 0 radical (unpaired) electrons. The highest BCUT2D eigenvalue weighted by atomic mass is 16.5. The number of carboxylic acids is 1. The van der Waals surface area contributed by atoms with Gasteiger partial charge in [-0.25, -0.2) is 9.78 Å². The molecular formula is C8H9NO3. The first-order chi connectivity index (χ1) is 5.74. The van der Waals surface area contributed by atoms with Crippen LogP contribution in [0.3, 0.4) is 0 Å². The molecule has 12 heavy (non-hydrogen) atoms. The van der Waals surface area contributed by atoms with Crippen LogP contribution >= 0.6 is 0 Å². The van der Waals surface area contributed by atoms with Crippen LogP contribution in [0.4, 0.5) is 0 Å². The van der Waals surface area contributed by atoms with Gasteiger partial charge in [0.15, 0.2) is 0 Å². The van der Waals surface area contributed by atoms with E-state index in [9.17, 15) is 4.79 Å². The standard InChI is InChI=1S/C8H9NO3/c1-12-5-6-2-3-7(8(10)11)9-4-6/h2-4H,5H2,1H3,(H,10,11). The maximum Gasteiger partial charge on any atom is 0.354 e. The van der Waals surface area contributed by atoms with Crippen LogP contribution in [0.5, 0.6) is 0 Å². The maximum absolute atomic E-state index is 10.4. The van der Waals surface area contributed by atoms with Gasteiger partial charge in [0.25, 0.3) is 0 Å². The summed E-state index contributed by atoms with van der Waals surface area (Å²) in [4.78, 5) is 14.1. The van der Waals surface area contributed by atoms with E-state index in [1.54, 1.807) is 13.2 Å². The summed E-state index contributed by atoms with van der Waals surface area (Å²) in [7, 11) is 1.57. The minimum Gasteiger partial charge on any atom is -0.477 e. The van der Waals surface area contributed by atoms with Crippen molar-refractivity contribution in [1.82, 2.24) is 4.98 Å². The maximum atomic E-state index is 10.4. The lowest BCUT2D eigenvalue weighted by molar-refractivity contribution is 0.0690. The van der Waals surface area contributed by atoms with Crippen molar-refractivity contribution in [2.24, 2.45) is 0 Å². The van der Waals surface area contributed by atoms with Crippen molar-refractivity contribution < 1.29 is 14.6 Å². The molecular weight excluding hydrogens is 158 g/mol. The van der Waals surface area contributed by atoms with Gasteiger partial charge in [0.2, 0.25) is 0 Å². The third kappa shape index (κ3) is 2.03. The number of hydrogen-bond donors (Lipinski definition) is 1. The molecule has 0 spiro atoms. The van der Waals surface area contributed by atoms with E-state index in [1.165, 1.54) is 12.3 Å². The Labute approximate surface area is 69.8 Å². The summed E-state index contributed by atoms with van der Waals surface area (Å²) in [5.74, 6) is -1.01. The topological polar surface area (TPSA) is 59.4 Å². The van der Waals surface area contributed by atoms with Crippen molar-refractivity contribution in [1.29, 1.82) is 0 Å². The van der Waals surface area contributed by atoms with E-state index >= 15 is 0 Å². The van der Waals surface area contributed by atoms with E-state index in [0.717, 1.165) is 5.56 Å². The van der Waals surface area contributed by atoms with Crippen LogP contribution in [-0.4, -0.2) is 23.2 Å². The minimum atomic E-state index is -1.01. The van der Waals surface area contributed by atoms with E-state index in [1.807, 2.05) is 0 Å². The van der Waals surface area contributed by atoms with E-state index in [2.05, 4.69) is 4.98 Å². The molecule has 0 aromatic carbocycles. The van der Waals surface area contributed by atoms with Crippen molar-refractivity contribution in [2.75, 3.05) is 7.11 Å². The monoisotopic (exact) mass is 167 g/mol. The molecule has 0 bridgehead atoms. The second kappa shape index (κ2) is 3.82. The van der Waals surface area contributed by atoms with Gasteiger partial charge in [-0.1, -0.05) is 6.07 Å². The third-order valence-electron chi connectivity index (χ3n) is 1.35. The molecule has 0 fully saturated rings. The zero-order valence-corrected chi connectivity index (χ0v) is 6.65. The minimum absolute atomic E-state index is 0.0508. The van der Waals surface area contributed by atoms with Gasteiger partial charge >= 0.3 is 5.97 Å². The smallest absolute Gasteiger partial charge is 0.354 e. The summed E-state index contributed by atoms with van der Waals surface area (Å²) in [6, 6.07) is 3.14. The fourth-order valence-corrected chi connectivity index (χ4v) is 0.803. The highest BCUT2D eigenvalue weighted by molar-refractivity contribution is 5.85. The van der Waals surface area contributed by atoms with Crippen molar-refractivity contribution in [2.45, 2.75) is 6.61 Å². The average Bonchev–Trinajstić information content (AvgIpc) is 2.06. The van der Waals surface area contributed by atoms with Crippen LogP contribution in [0, 0.1) is 0 Å². The molecule has 1 rings (SSSR count). The Morgan fingerprint density at radius 3 is 2.83 bits per heavy atom. The van der Waals surface area contributed by atoms with Gasteiger partial charge in [-0.15, -0.1) is 0 Å². The van der Waals surface area contributed by atoms with Crippen LogP contribution in [0.2, 0.25) is 0 Å². The van der Waals surface area contributed by atoms with Gasteiger partial charge in [-0.2, -0.15) is 0 Å². The summed E-state index contributed by atoms with van der Waals surface area (Å²) in [5.41, 5.74) is 0.914. The lowest BCUT2D eigenvalue weighted by atomic mass is 10.2. The third-order valence-corrected chi connectivity index (χ3v) is 1.35. The Hall–Kier alpha value is -1.42. The predicted octanol–water partition coefficient (Wildman–Crippen LogP) is 0.926. The molecule has 64 valence electrons. The first kappa shape index (κ1) is 8.67. The van der Waals surface area contributed by atoms with Gasteiger partial charge in [0.05, 0.1) is 6.61 Å². The molecule has 0 aliphatic heterocycles. The molecule has 1 N–H and O–H groups in total. The lowest BCUT2D eigenvalue weighted by Crippen LogP contribution is -2.00. The van der Waals surface area contributed by atoms with Crippen LogP contribution in [0.1, 0.15) is 16.1 Å². The number of hydrogen-bond acceptors (Lipinski definition) is 3. The first-order valence-electron chi connectivity index (χ1n) is 3.41. The number of methoxy groups -OCH3 is 1. The Kier molecular flexibility index (Phi) is 2.76. The number of ether oxygens (including phenoxy) is 1. The van der Waals surface area contributed by atoms with Crippen molar-refractivity contribution >= 4 is 5.97 Å². The highest BCUT2D eigenvalue weighted by Gasteiger charge is 2.02. The van der Waals surface area contributed by atoms with Gasteiger partial charge < -0.3 is 9.84 Å². The SMILES string of the molecule is COCc1ccc(C(=O)O)nc1. The largest absolute Gasteiger partial charge is 0.477 e. The molecule has 0 saturated heterocycles. The molecule has 0 unspecified atom stereocenters. The number of aromatic carboxylic acids is 1. The number of carbonyl (C=O) groups is 1. The Morgan fingerprint density at radius 2 is 2.42 bits per heavy atom. The second-order valence-corrected chi connectivity index (χ2v) is 2.29. The van der Waals surface area contributed by atoms with Gasteiger partial charge in [-0.3, -0.25) is 0 Å². The number of nitrogens with zero attached hydrogens (tertiary/aromatic N) is 1. The van der Waals surface area contributed by atoms with E-state index in [4.69, 9.17) is 9.84 Å². The molecule has 0 aliphatic rings. The second-order valence-electron chi connectivity index (χ2n) is 2.29. The van der Waals surface area contributed by atoms with E-state index in [0.29, 0.717) is 6.61 Å². The summed E-state index contributed by atoms with van der Waals surface area (Å²) in [6.07, 6.45) is 1.49.